The van der Waals surface area contributed by atoms with E-state index in [9.17, 15) is 13.2 Å². The van der Waals surface area contributed by atoms with Gasteiger partial charge >= 0.3 is 6.18 Å². The second-order valence-corrected chi connectivity index (χ2v) is 5.16. The van der Waals surface area contributed by atoms with Crippen LogP contribution in [0.1, 0.15) is 11.1 Å². The molecule has 0 aliphatic carbocycles. The molecule has 21 heavy (non-hydrogen) atoms. The van der Waals surface area contributed by atoms with Crippen molar-refractivity contribution in [2.24, 2.45) is 0 Å². The van der Waals surface area contributed by atoms with Gasteiger partial charge < -0.3 is 10.1 Å². The lowest BCUT2D eigenvalue weighted by atomic mass is 10.2. The molecule has 112 valence electrons. The van der Waals surface area contributed by atoms with Crippen LogP contribution >= 0.6 is 15.9 Å². The number of ether oxygens (including phenoxy) is 1. The van der Waals surface area contributed by atoms with E-state index in [1.807, 2.05) is 0 Å². The van der Waals surface area contributed by atoms with Crippen molar-refractivity contribution in [1.82, 2.24) is 10.3 Å². The SMILES string of the molecule is CNCc1cc(Br)cnc1Oc1ccccc1C(F)(F)F. The first-order chi connectivity index (χ1) is 9.91. The number of pyridine rings is 1. The Balaban J connectivity index is 2.39. The van der Waals surface area contributed by atoms with Crippen molar-refractivity contribution in [2.75, 3.05) is 7.05 Å². The van der Waals surface area contributed by atoms with Crippen LogP contribution in [0.2, 0.25) is 0 Å². The van der Waals surface area contributed by atoms with Crippen molar-refractivity contribution in [2.45, 2.75) is 12.7 Å². The average Bonchev–Trinajstić information content (AvgIpc) is 2.41. The lowest BCUT2D eigenvalue weighted by Gasteiger charge is -2.15. The predicted octanol–water partition coefficient (Wildman–Crippen LogP) is 4.37. The molecule has 0 atom stereocenters. The van der Waals surface area contributed by atoms with Crippen LogP contribution < -0.4 is 10.1 Å². The summed E-state index contributed by atoms with van der Waals surface area (Å²) in [5.41, 5.74) is -0.172. The van der Waals surface area contributed by atoms with Crippen LogP contribution in [0.25, 0.3) is 0 Å². The molecule has 0 spiro atoms. The molecule has 0 saturated carbocycles. The highest BCUT2D eigenvalue weighted by Crippen LogP contribution is 2.38. The van der Waals surface area contributed by atoms with E-state index < -0.39 is 11.7 Å². The molecular weight excluding hydrogens is 349 g/mol. The first-order valence-electron chi connectivity index (χ1n) is 6.05. The summed E-state index contributed by atoms with van der Waals surface area (Å²) < 4.78 is 44.9. The molecule has 0 fully saturated rings. The van der Waals surface area contributed by atoms with Crippen molar-refractivity contribution in [3.8, 4) is 11.6 Å². The maximum absolute atomic E-state index is 12.9. The molecule has 3 nitrogen and oxygen atoms in total. The average molecular weight is 361 g/mol. The lowest BCUT2D eigenvalue weighted by Crippen LogP contribution is -2.10. The first kappa shape index (κ1) is 15.8. The summed E-state index contributed by atoms with van der Waals surface area (Å²) in [6.45, 7) is 0.427. The third-order valence-electron chi connectivity index (χ3n) is 2.66. The van der Waals surface area contributed by atoms with E-state index in [0.717, 1.165) is 10.5 Å². The minimum Gasteiger partial charge on any atom is -0.438 e. The third kappa shape index (κ3) is 3.95. The Hall–Kier alpha value is -1.60. The van der Waals surface area contributed by atoms with Crippen LogP contribution in [-0.2, 0) is 12.7 Å². The Morgan fingerprint density at radius 1 is 1.29 bits per heavy atom. The minimum atomic E-state index is -4.48. The van der Waals surface area contributed by atoms with Crippen molar-refractivity contribution in [1.29, 1.82) is 0 Å². The fraction of sp³-hybridized carbons (Fsp3) is 0.214. The summed E-state index contributed by atoms with van der Waals surface area (Å²) in [4.78, 5) is 4.04. The summed E-state index contributed by atoms with van der Waals surface area (Å²) in [5.74, 6) is -0.124. The van der Waals surface area contributed by atoms with Crippen molar-refractivity contribution < 1.29 is 17.9 Å². The van der Waals surface area contributed by atoms with E-state index in [2.05, 4.69) is 26.2 Å². The standard InChI is InChI=1S/C14H12BrF3N2O/c1-19-7-9-6-10(15)8-20-13(9)21-12-5-3-2-4-11(12)14(16,17)18/h2-6,8,19H,7H2,1H3. The van der Waals surface area contributed by atoms with Gasteiger partial charge in [-0.2, -0.15) is 13.2 Å². The van der Waals surface area contributed by atoms with Gasteiger partial charge in [-0.05, 0) is 41.2 Å². The molecule has 1 heterocycles. The lowest BCUT2D eigenvalue weighted by molar-refractivity contribution is -0.138. The molecule has 0 radical (unpaired) electrons. The highest BCUT2D eigenvalue weighted by atomic mass is 79.9. The zero-order valence-electron chi connectivity index (χ0n) is 11.0. The molecule has 0 aliphatic rings. The van der Waals surface area contributed by atoms with Crippen LogP contribution in [0.4, 0.5) is 13.2 Å². The monoisotopic (exact) mass is 360 g/mol. The van der Waals surface area contributed by atoms with Crippen LogP contribution in [0.15, 0.2) is 41.0 Å². The molecule has 1 N–H and O–H groups in total. The summed E-state index contributed by atoms with van der Waals surface area (Å²) in [7, 11) is 1.73. The van der Waals surface area contributed by atoms with Crippen LogP contribution in [0.5, 0.6) is 11.6 Å². The molecule has 0 unspecified atom stereocenters. The van der Waals surface area contributed by atoms with Gasteiger partial charge in [0.25, 0.3) is 0 Å². The minimum absolute atomic E-state index is 0.143. The van der Waals surface area contributed by atoms with Gasteiger partial charge in [0, 0.05) is 22.8 Å². The molecule has 2 rings (SSSR count). The highest BCUT2D eigenvalue weighted by molar-refractivity contribution is 9.10. The number of hydrogen-bond donors (Lipinski definition) is 1. The van der Waals surface area contributed by atoms with Gasteiger partial charge in [0.05, 0.1) is 5.56 Å². The topological polar surface area (TPSA) is 34.2 Å². The molecule has 2 aromatic rings. The summed E-state index contributed by atoms with van der Waals surface area (Å²) >= 11 is 3.27. The number of rotatable bonds is 4. The van der Waals surface area contributed by atoms with E-state index in [1.165, 1.54) is 24.4 Å². The number of aromatic nitrogens is 1. The van der Waals surface area contributed by atoms with E-state index in [1.54, 1.807) is 13.1 Å². The number of para-hydroxylation sites is 1. The van der Waals surface area contributed by atoms with Gasteiger partial charge in [0.2, 0.25) is 5.88 Å². The second-order valence-electron chi connectivity index (χ2n) is 4.24. The summed E-state index contributed by atoms with van der Waals surface area (Å²) in [6, 6.07) is 6.80. The maximum Gasteiger partial charge on any atom is 0.419 e. The summed E-state index contributed by atoms with van der Waals surface area (Å²) in [5, 5.41) is 2.92. The molecule has 0 bridgehead atoms. The van der Waals surface area contributed by atoms with E-state index in [-0.39, 0.29) is 11.6 Å². The molecular formula is C14H12BrF3N2O. The number of benzene rings is 1. The van der Waals surface area contributed by atoms with Crippen LogP contribution in [0, 0.1) is 0 Å². The summed E-state index contributed by atoms with van der Waals surface area (Å²) in [6.07, 6.45) is -3.00. The normalized spacial score (nSPS) is 11.5. The molecule has 7 heteroatoms. The largest absolute Gasteiger partial charge is 0.438 e. The Morgan fingerprint density at radius 2 is 2.00 bits per heavy atom. The number of nitrogens with zero attached hydrogens (tertiary/aromatic N) is 1. The van der Waals surface area contributed by atoms with Gasteiger partial charge in [-0.25, -0.2) is 4.98 Å². The fourth-order valence-corrected chi connectivity index (χ4v) is 2.15. The zero-order valence-corrected chi connectivity index (χ0v) is 12.6. The van der Waals surface area contributed by atoms with E-state index in [0.29, 0.717) is 12.1 Å². The molecule has 1 aromatic carbocycles. The maximum atomic E-state index is 12.9. The van der Waals surface area contributed by atoms with Crippen molar-refractivity contribution in [3.63, 3.8) is 0 Å². The van der Waals surface area contributed by atoms with Gasteiger partial charge in [0.15, 0.2) is 0 Å². The molecule has 1 aromatic heterocycles. The zero-order chi connectivity index (χ0) is 15.5. The van der Waals surface area contributed by atoms with Crippen LogP contribution in [0.3, 0.4) is 0 Å². The smallest absolute Gasteiger partial charge is 0.419 e. The quantitative estimate of drug-likeness (QED) is 0.878. The van der Waals surface area contributed by atoms with Gasteiger partial charge in [0.1, 0.15) is 5.75 Å². The van der Waals surface area contributed by atoms with Gasteiger partial charge in [-0.3, -0.25) is 0 Å². The predicted molar refractivity (Wildman–Crippen MR) is 76.2 cm³/mol. The van der Waals surface area contributed by atoms with Gasteiger partial charge in [-0.15, -0.1) is 0 Å². The van der Waals surface area contributed by atoms with E-state index >= 15 is 0 Å². The van der Waals surface area contributed by atoms with Crippen molar-refractivity contribution in [3.05, 3.63) is 52.1 Å². The molecule has 0 saturated heterocycles. The Bertz CT molecular complexity index is 632. The Labute approximate surface area is 128 Å². The van der Waals surface area contributed by atoms with E-state index in [4.69, 9.17) is 4.74 Å². The number of alkyl halides is 3. The number of nitrogens with one attached hydrogen (secondary N) is 1. The number of hydrogen-bond acceptors (Lipinski definition) is 3. The second kappa shape index (κ2) is 6.44. The first-order valence-corrected chi connectivity index (χ1v) is 6.84. The molecule has 0 aliphatic heterocycles. The third-order valence-corrected chi connectivity index (χ3v) is 3.09. The number of halogens is 4. The Kier molecular flexibility index (Phi) is 4.84. The Morgan fingerprint density at radius 3 is 2.67 bits per heavy atom. The highest BCUT2D eigenvalue weighted by Gasteiger charge is 2.34. The molecule has 0 amide bonds. The van der Waals surface area contributed by atoms with Gasteiger partial charge in [-0.1, -0.05) is 12.1 Å². The van der Waals surface area contributed by atoms with Crippen molar-refractivity contribution >= 4 is 15.9 Å². The fourth-order valence-electron chi connectivity index (χ4n) is 1.77. The van der Waals surface area contributed by atoms with Crippen LogP contribution in [-0.4, -0.2) is 12.0 Å².